The lowest BCUT2D eigenvalue weighted by molar-refractivity contribution is -0.117. The Morgan fingerprint density at radius 3 is 2.71 bits per heavy atom. The third-order valence-corrected chi connectivity index (χ3v) is 5.39. The molecule has 2 heterocycles. The summed E-state index contributed by atoms with van der Waals surface area (Å²) >= 11 is 0. The fraction of sp³-hybridized carbons (Fsp3) is 0.435. The fourth-order valence-electron chi connectivity index (χ4n) is 3.66. The van der Waals surface area contributed by atoms with Gasteiger partial charge in [-0.25, -0.2) is 0 Å². The standard InChI is InChI=1S/C23H31N3O2/c1-17(24-2)22-16-20(15-21(26-22)14-19-6-4-3-5-7-19)23(27)25-11-8-18-9-12-28-13-10-18/h3-7,15-16,18,21,24,26H,1,8-14H2,2H3,(H,25,27). The molecule has 5 nitrogen and oxygen atoms in total. The number of dihydropyridines is 1. The molecule has 0 radical (unpaired) electrons. The lowest BCUT2D eigenvalue weighted by atomic mass is 9.96. The number of carbonyl (C=O) groups excluding carboxylic acids is 1. The summed E-state index contributed by atoms with van der Waals surface area (Å²) in [7, 11) is 1.84. The molecule has 150 valence electrons. The van der Waals surface area contributed by atoms with E-state index >= 15 is 0 Å². The van der Waals surface area contributed by atoms with E-state index < -0.39 is 0 Å². The molecule has 1 unspecified atom stereocenters. The van der Waals surface area contributed by atoms with Crippen LogP contribution in [-0.4, -0.2) is 38.8 Å². The average molecular weight is 382 g/mol. The van der Waals surface area contributed by atoms with Gasteiger partial charge in [0.05, 0.1) is 11.4 Å². The van der Waals surface area contributed by atoms with E-state index in [2.05, 4.69) is 34.7 Å². The SMILES string of the molecule is C=C(NC)C1=CC(C(=O)NCCC2CCOCC2)=CC(Cc2ccccc2)N1. The van der Waals surface area contributed by atoms with Crippen LogP contribution in [0.5, 0.6) is 0 Å². The lowest BCUT2D eigenvalue weighted by Gasteiger charge is -2.26. The van der Waals surface area contributed by atoms with Crippen molar-refractivity contribution in [2.45, 2.75) is 31.7 Å². The van der Waals surface area contributed by atoms with Crippen LogP contribution >= 0.6 is 0 Å². The van der Waals surface area contributed by atoms with Crippen LogP contribution in [0.1, 0.15) is 24.8 Å². The van der Waals surface area contributed by atoms with Crippen LogP contribution in [0.3, 0.4) is 0 Å². The van der Waals surface area contributed by atoms with E-state index in [0.717, 1.165) is 50.3 Å². The van der Waals surface area contributed by atoms with Crippen LogP contribution in [0, 0.1) is 5.92 Å². The maximum absolute atomic E-state index is 12.8. The summed E-state index contributed by atoms with van der Waals surface area (Å²) in [6.07, 6.45) is 7.90. The second-order valence-corrected chi connectivity index (χ2v) is 7.45. The fourth-order valence-corrected chi connectivity index (χ4v) is 3.66. The second-order valence-electron chi connectivity index (χ2n) is 7.45. The van der Waals surface area contributed by atoms with Gasteiger partial charge in [0.2, 0.25) is 0 Å². The number of amides is 1. The highest BCUT2D eigenvalue weighted by Crippen LogP contribution is 2.19. The molecule has 5 heteroatoms. The Bertz CT molecular complexity index is 733. The maximum atomic E-state index is 12.8. The van der Waals surface area contributed by atoms with Gasteiger partial charge in [0.1, 0.15) is 0 Å². The van der Waals surface area contributed by atoms with E-state index in [9.17, 15) is 4.79 Å². The number of hydrogen-bond acceptors (Lipinski definition) is 4. The summed E-state index contributed by atoms with van der Waals surface area (Å²) in [6, 6.07) is 10.3. The molecule has 3 N–H and O–H groups in total. The van der Waals surface area contributed by atoms with Gasteiger partial charge < -0.3 is 20.7 Å². The zero-order chi connectivity index (χ0) is 19.8. The van der Waals surface area contributed by atoms with Crippen molar-refractivity contribution in [2.24, 2.45) is 5.92 Å². The largest absolute Gasteiger partial charge is 0.387 e. The number of ether oxygens (including phenoxy) is 1. The number of likely N-dealkylation sites (N-methyl/N-ethyl adjacent to an activating group) is 1. The van der Waals surface area contributed by atoms with Gasteiger partial charge >= 0.3 is 0 Å². The third kappa shape index (κ3) is 5.73. The van der Waals surface area contributed by atoms with Gasteiger partial charge in [0.15, 0.2) is 0 Å². The zero-order valence-corrected chi connectivity index (χ0v) is 16.7. The Kier molecular flexibility index (Phi) is 7.31. The van der Waals surface area contributed by atoms with Crippen LogP contribution in [0.2, 0.25) is 0 Å². The molecule has 0 aliphatic carbocycles. The van der Waals surface area contributed by atoms with Crippen molar-refractivity contribution in [1.82, 2.24) is 16.0 Å². The van der Waals surface area contributed by atoms with Gasteiger partial charge in [-0.15, -0.1) is 0 Å². The van der Waals surface area contributed by atoms with Crippen molar-refractivity contribution in [1.29, 1.82) is 0 Å². The first-order chi connectivity index (χ1) is 13.7. The molecule has 0 bridgehead atoms. The van der Waals surface area contributed by atoms with Gasteiger partial charge in [0, 0.05) is 38.4 Å². The Balaban J connectivity index is 1.63. The molecular formula is C23H31N3O2. The second kappa shape index (κ2) is 10.1. The van der Waals surface area contributed by atoms with Crippen molar-refractivity contribution in [2.75, 3.05) is 26.8 Å². The van der Waals surface area contributed by atoms with Crippen molar-refractivity contribution in [3.8, 4) is 0 Å². The summed E-state index contributed by atoms with van der Waals surface area (Å²) in [5.74, 6) is 0.630. The molecular weight excluding hydrogens is 350 g/mol. The van der Waals surface area contributed by atoms with Crippen LogP contribution in [0.4, 0.5) is 0 Å². The first-order valence-electron chi connectivity index (χ1n) is 10.1. The summed E-state index contributed by atoms with van der Waals surface area (Å²) in [5, 5.41) is 9.63. The molecule has 2 aliphatic rings. The Labute approximate surface area is 167 Å². The van der Waals surface area contributed by atoms with Gasteiger partial charge in [-0.2, -0.15) is 0 Å². The topological polar surface area (TPSA) is 62.4 Å². The molecule has 0 aromatic heterocycles. The van der Waals surface area contributed by atoms with Crippen molar-refractivity contribution in [3.05, 3.63) is 71.6 Å². The van der Waals surface area contributed by atoms with Crippen molar-refractivity contribution < 1.29 is 9.53 Å². The quantitative estimate of drug-likeness (QED) is 0.648. The highest BCUT2D eigenvalue weighted by molar-refractivity contribution is 5.96. The van der Waals surface area contributed by atoms with Gasteiger partial charge in [-0.1, -0.05) is 36.9 Å². The monoisotopic (exact) mass is 381 g/mol. The van der Waals surface area contributed by atoms with E-state index in [0.29, 0.717) is 18.0 Å². The molecule has 0 spiro atoms. The maximum Gasteiger partial charge on any atom is 0.251 e. The van der Waals surface area contributed by atoms with E-state index in [1.165, 1.54) is 5.56 Å². The number of hydrogen-bond donors (Lipinski definition) is 3. The minimum atomic E-state index is -0.0203. The minimum absolute atomic E-state index is 0.0203. The van der Waals surface area contributed by atoms with Gasteiger partial charge in [-0.3, -0.25) is 4.79 Å². The molecule has 1 amide bonds. The zero-order valence-electron chi connectivity index (χ0n) is 16.7. The predicted octanol–water partition coefficient (Wildman–Crippen LogP) is 2.68. The first-order valence-corrected chi connectivity index (χ1v) is 10.1. The van der Waals surface area contributed by atoms with Gasteiger partial charge in [-0.05, 0) is 49.3 Å². The van der Waals surface area contributed by atoms with E-state index in [1.54, 1.807) is 0 Å². The van der Waals surface area contributed by atoms with Crippen LogP contribution in [0.15, 0.2) is 66.0 Å². The first kappa shape index (κ1) is 20.2. The molecule has 1 atom stereocenters. The van der Waals surface area contributed by atoms with Crippen LogP contribution in [-0.2, 0) is 16.0 Å². The Morgan fingerprint density at radius 2 is 2.00 bits per heavy atom. The Hall–Kier alpha value is -2.53. The minimum Gasteiger partial charge on any atom is -0.387 e. The van der Waals surface area contributed by atoms with Crippen molar-refractivity contribution >= 4 is 5.91 Å². The molecule has 1 aromatic carbocycles. The smallest absolute Gasteiger partial charge is 0.251 e. The Morgan fingerprint density at radius 1 is 1.25 bits per heavy atom. The molecule has 1 fully saturated rings. The average Bonchev–Trinajstić information content (AvgIpc) is 2.74. The molecule has 0 saturated carbocycles. The molecule has 1 aromatic rings. The lowest BCUT2D eigenvalue weighted by Crippen LogP contribution is -2.37. The van der Waals surface area contributed by atoms with Crippen LogP contribution < -0.4 is 16.0 Å². The molecule has 1 saturated heterocycles. The van der Waals surface area contributed by atoms with E-state index in [1.807, 2.05) is 37.4 Å². The number of nitrogens with one attached hydrogen (secondary N) is 3. The van der Waals surface area contributed by atoms with Crippen molar-refractivity contribution in [3.63, 3.8) is 0 Å². The highest BCUT2D eigenvalue weighted by atomic mass is 16.5. The predicted molar refractivity (Wildman–Crippen MR) is 113 cm³/mol. The summed E-state index contributed by atoms with van der Waals surface area (Å²) in [5.41, 5.74) is 3.56. The normalized spacial score (nSPS) is 19.8. The van der Waals surface area contributed by atoms with Crippen LogP contribution in [0.25, 0.3) is 0 Å². The highest BCUT2D eigenvalue weighted by Gasteiger charge is 2.20. The summed E-state index contributed by atoms with van der Waals surface area (Å²) in [6.45, 7) is 6.43. The third-order valence-electron chi connectivity index (χ3n) is 5.39. The summed E-state index contributed by atoms with van der Waals surface area (Å²) < 4.78 is 5.40. The van der Waals surface area contributed by atoms with Gasteiger partial charge in [0.25, 0.3) is 5.91 Å². The van der Waals surface area contributed by atoms with E-state index in [4.69, 9.17) is 4.74 Å². The van der Waals surface area contributed by atoms with E-state index in [-0.39, 0.29) is 11.9 Å². The summed E-state index contributed by atoms with van der Waals surface area (Å²) in [4.78, 5) is 12.8. The molecule has 28 heavy (non-hydrogen) atoms. The number of rotatable bonds is 8. The molecule has 2 aliphatic heterocycles. The molecule has 3 rings (SSSR count). The number of carbonyl (C=O) groups is 1. The number of benzene rings is 1.